The van der Waals surface area contributed by atoms with E-state index in [1.165, 1.54) is 17.3 Å². The Hall–Kier alpha value is -2.27. The van der Waals surface area contributed by atoms with Crippen LogP contribution < -0.4 is 10.2 Å². The Balaban J connectivity index is 1.89. The smallest absolute Gasteiger partial charge is 0.251 e. The second kappa shape index (κ2) is 7.96. The van der Waals surface area contributed by atoms with E-state index in [2.05, 4.69) is 17.4 Å². The number of amides is 2. The molecular formula is C21H24N2O2S. The van der Waals surface area contributed by atoms with Gasteiger partial charge in [0.05, 0.1) is 18.0 Å². The van der Waals surface area contributed by atoms with Crippen LogP contribution in [0.5, 0.6) is 0 Å². The predicted molar refractivity (Wildman–Crippen MR) is 107 cm³/mol. The lowest BCUT2D eigenvalue weighted by molar-refractivity contribution is -0.116. The fraction of sp³-hybridized carbons (Fsp3) is 0.333. The van der Waals surface area contributed by atoms with E-state index >= 15 is 0 Å². The van der Waals surface area contributed by atoms with E-state index in [1.807, 2.05) is 51.1 Å². The number of fused-ring (bicyclic) bond motifs is 1. The van der Waals surface area contributed by atoms with Crippen LogP contribution in [0.3, 0.4) is 0 Å². The maximum Gasteiger partial charge on any atom is 0.251 e. The molecule has 0 saturated heterocycles. The van der Waals surface area contributed by atoms with Crippen LogP contribution in [0.25, 0.3) is 0 Å². The van der Waals surface area contributed by atoms with Crippen molar-refractivity contribution < 1.29 is 9.59 Å². The standard InChI is InChI=1S/C21H24N2O2S/c1-4-15(3)22-21(25)17-9-10-19-18(11-17)23(20(24)13-26-19)12-16-7-5-14(2)6-8-16/h5-11,15H,4,12-13H2,1-3H3,(H,22,25). The van der Waals surface area contributed by atoms with Crippen LogP contribution in [0.1, 0.15) is 41.8 Å². The molecule has 0 fully saturated rings. The molecule has 136 valence electrons. The van der Waals surface area contributed by atoms with Crippen LogP contribution in [0.15, 0.2) is 47.4 Å². The molecule has 0 aliphatic carbocycles. The van der Waals surface area contributed by atoms with E-state index in [1.54, 1.807) is 4.90 Å². The first kappa shape index (κ1) is 18.5. The van der Waals surface area contributed by atoms with Gasteiger partial charge in [-0.15, -0.1) is 11.8 Å². The van der Waals surface area contributed by atoms with E-state index in [0.29, 0.717) is 17.9 Å². The molecule has 1 aliphatic rings. The molecule has 0 aromatic heterocycles. The van der Waals surface area contributed by atoms with Gasteiger partial charge >= 0.3 is 0 Å². The highest BCUT2D eigenvalue weighted by Crippen LogP contribution is 2.36. The Morgan fingerprint density at radius 1 is 1.23 bits per heavy atom. The minimum atomic E-state index is -0.0968. The zero-order chi connectivity index (χ0) is 18.7. The van der Waals surface area contributed by atoms with Gasteiger partial charge in [-0.3, -0.25) is 9.59 Å². The number of rotatable bonds is 5. The Morgan fingerprint density at radius 3 is 2.65 bits per heavy atom. The molecule has 0 bridgehead atoms. The topological polar surface area (TPSA) is 49.4 Å². The maximum atomic E-state index is 12.5. The molecule has 1 atom stereocenters. The van der Waals surface area contributed by atoms with Crippen LogP contribution in [0.2, 0.25) is 0 Å². The summed E-state index contributed by atoms with van der Waals surface area (Å²) in [7, 11) is 0. The molecular weight excluding hydrogens is 344 g/mol. The Kier molecular flexibility index (Phi) is 5.67. The van der Waals surface area contributed by atoms with Gasteiger partial charge in [-0.1, -0.05) is 36.8 Å². The van der Waals surface area contributed by atoms with Crippen molar-refractivity contribution in [3.63, 3.8) is 0 Å². The first-order valence-corrected chi connectivity index (χ1v) is 9.90. The number of aryl methyl sites for hydroxylation is 1. The van der Waals surface area contributed by atoms with Crippen LogP contribution in [-0.2, 0) is 11.3 Å². The van der Waals surface area contributed by atoms with Gasteiger partial charge in [-0.2, -0.15) is 0 Å². The molecule has 3 rings (SSSR count). The highest BCUT2D eigenvalue weighted by Gasteiger charge is 2.26. The van der Waals surface area contributed by atoms with Gasteiger partial charge in [-0.25, -0.2) is 0 Å². The zero-order valence-electron chi connectivity index (χ0n) is 15.4. The molecule has 0 radical (unpaired) electrons. The highest BCUT2D eigenvalue weighted by molar-refractivity contribution is 8.00. The lowest BCUT2D eigenvalue weighted by Gasteiger charge is -2.29. The summed E-state index contributed by atoms with van der Waals surface area (Å²) in [6, 6.07) is 13.9. The van der Waals surface area contributed by atoms with E-state index < -0.39 is 0 Å². The molecule has 2 amide bonds. The molecule has 1 unspecified atom stereocenters. The number of benzene rings is 2. The number of nitrogens with one attached hydrogen (secondary N) is 1. The summed E-state index contributed by atoms with van der Waals surface area (Å²) in [5.74, 6) is 0.403. The lowest BCUT2D eigenvalue weighted by atomic mass is 10.1. The zero-order valence-corrected chi connectivity index (χ0v) is 16.2. The van der Waals surface area contributed by atoms with Gasteiger partial charge < -0.3 is 10.2 Å². The van der Waals surface area contributed by atoms with Crippen molar-refractivity contribution >= 4 is 29.3 Å². The Labute approximate surface area is 159 Å². The number of hydrogen-bond acceptors (Lipinski definition) is 3. The average molecular weight is 369 g/mol. The monoisotopic (exact) mass is 368 g/mol. The number of carbonyl (C=O) groups excluding carboxylic acids is 2. The number of hydrogen-bond donors (Lipinski definition) is 1. The molecule has 2 aromatic rings. The van der Waals surface area contributed by atoms with Gasteiger partial charge in [0.1, 0.15) is 0 Å². The van der Waals surface area contributed by atoms with Crippen molar-refractivity contribution in [2.45, 2.75) is 44.7 Å². The summed E-state index contributed by atoms with van der Waals surface area (Å²) in [6.45, 7) is 6.59. The van der Waals surface area contributed by atoms with Crippen molar-refractivity contribution in [3.8, 4) is 0 Å². The average Bonchev–Trinajstić information content (AvgIpc) is 2.65. The molecule has 2 aromatic carbocycles. The van der Waals surface area contributed by atoms with Crippen LogP contribution >= 0.6 is 11.8 Å². The Morgan fingerprint density at radius 2 is 1.96 bits per heavy atom. The minimum Gasteiger partial charge on any atom is -0.350 e. The van der Waals surface area contributed by atoms with Crippen molar-refractivity contribution in [2.24, 2.45) is 0 Å². The molecule has 26 heavy (non-hydrogen) atoms. The number of nitrogens with zero attached hydrogens (tertiary/aromatic N) is 1. The summed E-state index contributed by atoms with van der Waals surface area (Å²) < 4.78 is 0. The lowest BCUT2D eigenvalue weighted by Crippen LogP contribution is -2.35. The van der Waals surface area contributed by atoms with Crippen molar-refractivity contribution in [3.05, 3.63) is 59.2 Å². The maximum absolute atomic E-state index is 12.5. The van der Waals surface area contributed by atoms with Gasteiger partial charge in [0, 0.05) is 16.5 Å². The van der Waals surface area contributed by atoms with Crippen LogP contribution in [0.4, 0.5) is 5.69 Å². The number of anilines is 1. The van der Waals surface area contributed by atoms with E-state index in [4.69, 9.17) is 0 Å². The third-order valence-corrected chi connectivity index (χ3v) is 5.66. The predicted octanol–water partition coefficient (Wildman–Crippen LogP) is 4.16. The SMILES string of the molecule is CCC(C)NC(=O)c1ccc2c(c1)N(Cc1ccc(C)cc1)C(=O)CS2. The number of thioether (sulfide) groups is 1. The third kappa shape index (κ3) is 4.10. The van der Waals surface area contributed by atoms with E-state index in [0.717, 1.165) is 22.6 Å². The summed E-state index contributed by atoms with van der Waals surface area (Å²) in [4.78, 5) is 27.8. The van der Waals surface area contributed by atoms with Crippen molar-refractivity contribution in [1.29, 1.82) is 0 Å². The summed E-state index contributed by atoms with van der Waals surface area (Å²) in [5, 5.41) is 2.99. The molecule has 1 N–H and O–H groups in total. The summed E-state index contributed by atoms with van der Waals surface area (Å²) >= 11 is 1.53. The molecule has 0 spiro atoms. The summed E-state index contributed by atoms with van der Waals surface area (Å²) in [5.41, 5.74) is 3.69. The first-order valence-electron chi connectivity index (χ1n) is 8.91. The molecule has 1 aliphatic heterocycles. The first-order chi connectivity index (χ1) is 12.5. The quantitative estimate of drug-likeness (QED) is 0.862. The fourth-order valence-electron chi connectivity index (χ4n) is 2.80. The largest absolute Gasteiger partial charge is 0.350 e. The van der Waals surface area contributed by atoms with E-state index in [-0.39, 0.29) is 17.9 Å². The normalized spacial score (nSPS) is 14.7. The molecule has 4 nitrogen and oxygen atoms in total. The second-order valence-electron chi connectivity index (χ2n) is 6.72. The van der Waals surface area contributed by atoms with E-state index in [9.17, 15) is 9.59 Å². The van der Waals surface area contributed by atoms with Crippen molar-refractivity contribution in [2.75, 3.05) is 10.7 Å². The third-order valence-electron chi connectivity index (χ3n) is 4.62. The van der Waals surface area contributed by atoms with Gasteiger partial charge in [0.25, 0.3) is 5.91 Å². The fourth-order valence-corrected chi connectivity index (χ4v) is 3.72. The summed E-state index contributed by atoms with van der Waals surface area (Å²) in [6.07, 6.45) is 0.880. The van der Waals surface area contributed by atoms with Crippen LogP contribution in [0, 0.1) is 6.92 Å². The Bertz CT molecular complexity index is 817. The number of carbonyl (C=O) groups is 2. The van der Waals surface area contributed by atoms with Crippen LogP contribution in [-0.4, -0.2) is 23.6 Å². The second-order valence-corrected chi connectivity index (χ2v) is 7.74. The van der Waals surface area contributed by atoms with Gasteiger partial charge in [0.2, 0.25) is 5.91 Å². The van der Waals surface area contributed by atoms with Crippen molar-refractivity contribution in [1.82, 2.24) is 5.32 Å². The minimum absolute atomic E-state index is 0.0718. The molecule has 1 heterocycles. The van der Waals surface area contributed by atoms with Gasteiger partial charge in [0.15, 0.2) is 0 Å². The van der Waals surface area contributed by atoms with Gasteiger partial charge in [-0.05, 0) is 44.0 Å². The highest BCUT2D eigenvalue weighted by atomic mass is 32.2. The molecule has 5 heteroatoms. The molecule has 0 saturated carbocycles.